The number of halogens is 1. The smallest absolute Gasteiger partial charge is 0.282 e. The Bertz CT molecular complexity index is 1990. The van der Waals surface area contributed by atoms with Gasteiger partial charge in [0.15, 0.2) is 23.9 Å². The minimum absolute atomic E-state index is 0.180. The van der Waals surface area contributed by atoms with E-state index < -0.39 is 0 Å². The highest BCUT2D eigenvalue weighted by Gasteiger charge is 2.19. The van der Waals surface area contributed by atoms with Gasteiger partial charge in [0.2, 0.25) is 0 Å². The Morgan fingerprint density at radius 3 is 2.38 bits per heavy atom. The second kappa shape index (κ2) is 15.1. The van der Waals surface area contributed by atoms with Gasteiger partial charge < -0.3 is 19.5 Å². The van der Waals surface area contributed by atoms with Gasteiger partial charge in [0.25, 0.3) is 11.5 Å². The zero-order valence-corrected chi connectivity index (χ0v) is 28.6. The highest BCUT2D eigenvalue weighted by atomic mass is 79.9. The van der Waals surface area contributed by atoms with Crippen LogP contribution < -0.4 is 25.1 Å². The number of nitrogens with zero attached hydrogens (tertiary/aromatic N) is 3. The van der Waals surface area contributed by atoms with E-state index in [1.165, 1.54) is 4.68 Å². The molecule has 0 aliphatic rings. The number of aromatic nitrogens is 2. The molecule has 1 heterocycles. The fraction of sp³-hybridized carbons (Fsp3) is 0.243. The van der Waals surface area contributed by atoms with Gasteiger partial charge in [-0.25, -0.2) is 4.98 Å². The normalized spacial score (nSPS) is 11.3. The van der Waals surface area contributed by atoms with Crippen molar-refractivity contribution in [3.8, 4) is 28.6 Å². The largest absolute Gasteiger partial charge is 0.494 e. The van der Waals surface area contributed by atoms with Crippen LogP contribution in [0.2, 0.25) is 0 Å². The number of para-hydroxylation sites is 2. The molecule has 10 heteroatoms. The van der Waals surface area contributed by atoms with Crippen LogP contribution in [-0.2, 0) is 4.79 Å². The van der Waals surface area contributed by atoms with E-state index in [1.54, 1.807) is 36.5 Å². The summed E-state index contributed by atoms with van der Waals surface area (Å²) in [6.07, 6.45) is 1.58. The fourth-order valence-electron chi connectivity index (χ4n) is 5.12. The number of ether oxygens (including phenoxy) is 3. The number of anilines is 1. The van der Waals surface area contributed by atoms with Crippen LogP contribution >= 0.6 is 15.9 Å². The number of nitrogens with one attached hydrogen (secondary N) is 1. The van der Waals surface area contributed by atoms with Gasteiger partial charge in [0.1, 0.15) is 5.75 Å². The van der Waals surface area contributed by atoms with Gasteiger partial charge in [-0.3, -0.25) is 9.59 Å². The molecule has 0 aliphatic carbocycles. The number of fused-ring (bicyclic) bond motifs is 1. The lowest BCUT2D eigenvalue weighted by molar-refractivity contribution is -0.118. The molecule has 0 aliphatic heterocycles. The number of amides is 1. The van der Waals surface area contributed by atoms with Crippen LogP contribution in [0.1, 0.15) is 50.3 Å². The number of carbonyl (C=O) groups excluding carboxylic acids is 1. The molecule has 0 spiro atoms. The molecule has 0 saturated heterocycles. The monoisotopic (exact) mass is 696 g/mol. The lowest BCUT2D eigenvalue weighted by Crippen LogP contribution is -2.21. The molecule has 4 aromatic carbocycles. The first-order valence-corrected chi connectivity index (χ1v) is 16.3. The summed E-state index contributed by atoms with van der Waals surface area (Å²) in [7, 11) is 0. The number of carbonyl (C=O) groups is 1. The van der Waals surface area contributed by atoms with Crippen molar-refractivity contribution in [1.82, 2.24) is 9.66 Å². The predicted octanol–water partition coefficient (Wildman–Crippen LogP) is 7.95. The van der Waals surface area contributed by atoms with E-state index in [4.69, 9.17) is 19.2 Å². The molecule has 1 aromatic heterocycles. The Balaban J connectivity index is 1.53. The number of hydrogen-bond donors (Lipinski definition) is 1. The van der Waals surface area contributed by atoms with Crippen molar-refractivity contribution in [2.24, 2.45) is 5.10 Å². The second-order valence-corrected chi connectivity index (χ2v) is 11.9. The summed E-state index contributed by atoms with van der Waals surface area (Å²) in [6, 6.07) is 24.0. The summed E-state index contributed by atoms with van der Waals surface area (Å²) in [4.78, 5) is 31.4. The van der Waals surface area contributed by atoms with E-state index in [2.05, 4.69) is 40.2 Å². The lowest BCUT2D eigenvalue weighted by atomic mass is 9.96. The van der Waals surface area contributed by atoms with Gasteiger partial charge in [0.05, 0.1) is 34.8 Å². The highest BCUT2D eigenvalue weighted by Crippen LogP contribution is 2.37. The van der Waals surface area contributed by atoms with Gasteiger partial charge in [-0.2, -0.15) is 9.78 Å². The van der Waals surface area contributed by atoms with Crippen molar-refractivity contribution in [2.75, 3.05) is 25.1 Å². The molecular formula is C37H37BrN4O5. The van der Waals surface area contributed by atoms with E-state index in [1.807, 2.05) is 69.3 Å². The topological polar surface area (TPSA) is 104 Å². The maximum atomic E-state index is 13.9. The maximum Gasteiger partial charge on any atom is 0.282 e. The van der Waals surface area contributed by atoms with E-state index in [9.17, 15) is 9.59 Å². The van der Waals surface area contributed by atoms with E-state index in [-0.39, 0.29) is 24.0 Å². The van der Waals surface area contributed by atoms with Gasteiger partial charge in [-0.1, -0.05) is 44.2 Å². The van der Waals surface area contributed by atoms with Crippen molar-refractivity contribution in [2.45, 2.75) is 40.5 Å². The molecular weight excluding hydrogens is 660 g/mol. The summed E-state index contributed by atoms with van der Waals surface area (Å²) in [5.41, 5.74) is 4.30. The molecule has 5 rings (SSSR count). The third-order valence-electron chi connectivity index (χ3n) is 7.33. The third-order valence-corrected chi connectivity index (χ3v) is 7.92. The predicted molar refractivity (Wildman–Crippen MR) is 190 cm³/mol. The van der Waals surface area contributed by atoms with Crippen molar-refractivity contribution in [3.05, 3.63) is 110 Å². The summed E-state index contributed by atoms with van der Waals surface area (Å²) < 4.78 is 19.6. The molecule has 0 saturated carbocycles. The summed E-state index contributed by atoms with van der Waals surface area (Å²) in [5.74, 6) is 1.90. The van der Waals surface area contributed by atoms with E-state index in [0.717, 1.165) is 22.4 Å². The Labute approximate surface area is 282 Å². The Kier molecular flexibility index (Phi) is 10.7. The van der Waals surface area contributed by atoms with Crippen molar-refractivity contribution < 1.29 is 19.0 Å². The Hall–Kier alpha value is -4.96. The summed E-state index contributed by atoms with van der Waals surface area (Å²) in [6.45, 7) is 10.7. The second-order valence-electron chi connectivity index (χ2n) is 11.1. The molecule has 0 radical (unpaired) electrons. The van der Waals surface area contributed by atoms with Gasteiger partial charge >= 0.3 is 0 Å². The Morgan fingerprint density at radius 1 is 0.957 bits per heavy atom. The number of benzene rings is 4. The van der Waals surface area contributed by atoms with E-state index >= 15 is 0 Å². The number of aryl methyl sites for hydroxylation is 1. The Morgan fingerprint density at radius 2 is 1.66 bits per heavy atom. The molecule has 0 fully saturated rings. The van der Waals surface area contributed by atoms with Crippen molar-refractivity contribution in [1.29, 1.82) is 0 Å². The zero-order chi connectivity index (χ0) is 33.5. The molecule has 1 N–H and O–H groups in total. The number of hydrogen-bond acceptors (Lipinski definition) is 7. The van der Waals surface area contributed by atoms with E-state index in [0.29, 0.717) is 57.2 Å². The van der Waals surface area contributed by atoms with Gasteiger partial charge in [-0.05, 0) is 108 Å². The quantitative estimate of drug-likeness (QED) is 0.133. The average Bonchev–Trinajstić information content (AvgIpc) is 3.04. The molecule has 0 bridgehead atoms. The first-order valence-electron chi connectivity index (χ1n) is 15.5. The van der Waals surface area contributed by atoms with Crippen molar-refractivity contribution in [3.63, 3.8) is 0 Å². The van der Waals surface area contributed by atoms with Crippen LogP contribution in [0.15, 0.2) is 93.2 Å². The van der Waals surface area contributed by atoms with Crippen LogP contribution in [0.25, 0.3) is 22.3 Å². The molecule has 0 unspecified atom stereocenters. The van der Waals surface area contributed by atoms with Crippen LogP contribution in [0.4, 0.5) is 5.69 Å². The van der Waals surface area contributed by atoms with Crippen LogP contribution in [-0.4, -0.2) is 41.6 Å². The standard InChI is InChI=1S/C37H37BrN4O5/c1-6-45-32-17-24(5)29(20-28(32)23(3)4)36-41-31-16-12-11-15-27(31)37(44)42(36)39-21-25-18-30(38)35(33(19-25)46-7-2)47-22-34(43)40-26-13-9-8-10-14-26/h8-21,23H,6-7,22H2,1-5H3,(H,40,43). The fourth-order valence-corrected chi connectivity index (χ4v) is 5.70. The molecule has 0 atom stereocenters. The molecule has 242 valence electrons. The maximum absolute atomic E-state index is 13.9. The first-order chi connectivity index (χ1) is 22.7. The zero-order valence-electron chi connectivity index (χ0n) is 27.0. The first kappa shape index (κ1) is 33.4. The minimum atomic E-state index is -0.308. The van der Waals surface area contributed by atoms with Crippen LogP contribution in [0.5, 0.6) is 17.2 Å². The molecule has 47 heavy (non-hydrogen) atoms. The average molecular weight is 698 g/mol. The van der Waals surface area contributed by atoms with Crippen molar-refractivity contribution >= 4 is 44.6 Å². The summed E-state index contributed by atoms with van der Waals surface area (Å²) in [5, 5.41) is 7.93. The SMILES string of the molecule is CCOc1cc(C)c(-c2nc3ccccc3c(=O)n2N=Cc2cc(Br)c(OCC(=O)Nc3ccccc3)c(OCC)c2)cc1C(C)C. The molecule has 1 amide bonds. The lowest BCUT2D eigenvalue weighted by Gasteiger charge is -2.18. The molecule has 5 aromatic rings. The highest BCUT2D eigenvalue weighted by molar-refractivity contribution is 9.10. The van der Waals surface area contributed by atoms with Gasteiger partial charge in [-0.15, -0.1) is 0 Å². The number of rotatable bonds is 12. The minimum Gasteiger partial charge on any atom is -0.494 e. The van der Waals surface area contributed by atoms with Crippen LogP contribution in [0, 0.1) is 6.92 Å². The van der Waals surface area contributed by atoms with Gasteiger partial charge in [0, 0.05) is 11.3 Å². The third kappa shape index (κ3) is 7.72. The summed E-state index contributed by atoms with van der Waals surface area (Å²) >= 11 is 3.57. The molecule has 9 nitrogen and oxygen atoms in total. The van der Waals surface area contributed by atoms with Crippen LogP contribution in [0.3, 0.4) is 0 Å².